The van der Waals surface area contributed by atoms with Crippen molar-refractivity contribution in [2.24, 2.45) is 5.73 Å². The summed E-state index contributed by atoms with van der Waals surface area (Å²) in [5, 5.41) is 2.54. The van der Waals surface area contributed by atoms with Crippen molar-refractivity contribution in [3.63, 3.8) is 0 Å². The summed E-state index contributed by atoms with van der Waals surface area (Å²) in [7, 11) is 1.39. The first-order chi connectivity index (χ1) is 10.4. The van der Waals surface area contributed by atoms with Gasteiger partial charge in [0.15, 0.2) is 0 Å². The topological polar surface area (TPSA) is 123 Å². The first-order valence-corrected chi connectivity index (χ1v) is 6.36. The number of rotatable bonds is 7. The second-order valence-corrected chi connectivity index (χ2v) is 4.33. The van der Waals surface area contributed by atoms with E-state index in [2.05, 4.69) is 20.9 Å². The van der Waals surface area contributed by atoms with E-state index in [0.717, 1.165) is 0 Å². The van der Waals surface area contributed by atoms with Gasteiger partial charge in [0.25, 0.3) is 11.8 Å². The van der Waals surface area contributed by atoms with Crippen molar-refractivity contribution < 1.29 is 19.1 Å². The number of primary amides is 1. The zero-order valence-corrected chi connectivity index (χ0v) is 12.3. The van der Waals surface area contributed by atoms with Crippen LogP contribution < -0.4 is 21.9 Å². The van der Waals surface area contributed by atoms with E-state index in [1.165, 1.54) is 19.3 Å². The summed E-state index contributed by atoms with van der Waals surface area (Å²) >= 11 is 0. The van der Waals surface area contributed by atoms with Gasteiger partial charge in [-0.05, 0) is 19.1 Å². The molecule has 0 saturated heterocycles. The molecule has 5 N–H and O–H groups in total. The van der Waals surface area contributed by atoms with Crippen molar-refractivity contribution in [2.45, 2.75) is 6.92 Å². The number of methoxy groups -OCH3 is 1. The summed E-state index contributed by atoms with van der Waals surface area (Å²) in [4.78, 5) is 34.3. The van der Waals surface area contributed by atoms with Crippen molar-refractivity contribution in [1.82, 2.24) is 10.9 Å². The molecule has 0 spiro atoms. The van der Waals surface area contributed by atoms with Crippen LogP contribution >= 0.6 is 0 Å². The molecule has 0 fully saturated rings. The van der Waals surface area contributed by atoms with E-state index < -0.39 is 11.8 Å². The third kappa shape index (κ3) is 5.63. The van der Waals surface area contributed by atoms with Crippen LogP contribution in [0.1, 0.15) is 17.3 Å². The molecule has 1 aromatic carbocycles. The molecule has 118 valence electrons. The average molecular weight is 306 g/mol. The lowest BCUT2D eigenvalue weighted by molar-refractivity contribution is -0.125. The van der Waals surface area contributed by atoms with Gasteiger partial charge in [0.1, 0.15) is 6.61 Å². The summed E-state index contributed by atoms with van der Waals surface area (Å²) in [6, 6.07) is 6.39. The van der Waals surface area contributed by atoms with Crippen molar-refractivity contribution >= 4 is 23.4 Å². The maximum Gasteiger partial charge on any atom is 0.264 e. The van der Waals surface area contributed by atoms with Gasteiger partial charge in [0.05, 0.1) is 11.3 Å². The number of nitrogens with one attached hydrogen (secondary N) is 3. The molecule has 0 unspecified atom stereocenters. The Labute approximate surface area is 127 Å². The van der Waals surface area contributed by atoms with Gasteiger partial charge in [-0.3, -0.25) is 19.8 Å². The molecule has 8 heteroatoms. The lowest BCUT2D eigenvalue weighted by Gasteiger charge is -2.09. The van der Waals surface area contributed by atoms with Gasteiger partial charge in [0.2, 0.25) is 5.91 Å². The molecule has 0 aliphatic heterocycles. The van der Waals surface area contributed by atoms with Crippen LogP contribution in [0.3, 0.4) is 0 Å². The van der Waals surface area contributed by atoms with Gasteiger partial charge in [-0.25, -0.2) is 0 Å². The largest absolute Gasteiger partial charge is 0.375 e. The van der Waals surface area contributed by atoms with E-state index in [1.807, 2.05) is 0 Å². The van der Waals surface area contributed by atoms with E-state index in [0.29, 0.717) is 11.4 Å². The van der Waals surface area contributed by atoms with Crippen LogP contribution in [0.4, 0.5) is 5.69 Å². The minimum Gasteiger partial charge on any atom is -0.375 e. The minimum absolute atomic E-state index is 0.0987. The number of hydrogen-bond donors (Lipinski definition) is 4. The molecule has 0 aliphatic rings. The van der Waals surface area contributed by atoms with Crippen LogP contribution in [-0.2, 0) is 14.3 Å². The molecule has 0 saturated carbocycles. The smallest absolute Gasteiger partial charge is 0.264 e. The Morgan fingerprint density at radius 1 is 1.23 bits per heavy atom. The summed E-state index contributed by atoms with van der Waals surface area (Å²) in [5.41, 5.74) is 11.0. The van der Waals surface area contributed by atoms with Crippen LogP contribution in [0.2, 0.25) is 0 Å². The third-order valence-corrected chi connectivity index (χ3v) is 2.47. The van der Waals surface area contributed by atoms with Crippen molar-refractivity contribution in [3.8, 4) is 0 Å². The van der Waals surface area contributed by atoms with Crippen molar-refractivity contribution in [2.75, 3.05) is 19.0 Å². The van der Waals surface area contributed by atoms with E-state index >= 15 is 0 Å². The molecule has 0 atom stereocenters. The molecule has 0 radical (unpaired) electrons. The highest BCUT2D eigenvalue weighted by atomic mass is 16.5. The number of para-hydroxylation sites is 1. The predicted molar refractivity (Wildman–Crippen MR) is 80.5 cm³/mol. The Hall–Kier alpha value is -2.87. The molecule has 0 aliphatic carbocycles. The number of hydrogen-bond acceptors (Lipinski definition) is 5. The SMILES string of the molecule is COCC(=O)NNC(C)=CC(=O)Nc1ccccc1C(N)=O. The Kier molecular flexibility index (Phi) is 6.58. The molecular weight excluding hydrogens is 288 g/mol. The fraction of sp³-hybridized carbons (Fsp3) is 0.214. The fourth-order valence-corrected chi connectivity index (χ4v) is 1.54. The predicted octanol–water partition coefficient (Wildman–Crippen LogP) is -0.105. The minimum atomic E-state index is -0.637. The van der Waals surface area contributed by atoms with Gasteiger partial charge < -0.3 is 21.2 Å². The lowest BCUT2D eigenvalue weighted by Crippen LogP contribution is -2.38. The summed E-state index contributed by atoms with van der Waals surface area (Å²) in [5.74, 6) is -1.49. The number of anilines is 1. The number of carbonyl (C=O) groups is 3. The normalized spacial score (nSPS) is 10.7. The molecular formula is C14H18N4O4. The van der Waals surface area contributed by atoms with E-state index in [4.69, 9.17) is 5.73 Å². The monoisotopic (exact) mass is 306 g/mol. The van der Waals surface area contributed by atoms with Crippen molar-refractivity contribution in [3.05, 3.63) is 41.6 Å². The van der Waals surface area contributed by atoms with Crippen LogP contribution in [0.5, 0.6) is 0 Å². The van der Waals surface area contributed by atoms with E-state index in [9.17, 15) is 14.4 Å². The number of allylic oxidation sites excluding steroid dienone is 1. The van der Waals surface area contributed by atoms with Gasteiger partial charge in [-0.1, -0.05) is 12.1 Å². The maximum atomic E-state index is 11.9. The highest BCUT2D eigenvalue weighted by Gasteiger charge is 2.09. The average Bonchev–Trinajstić information content (AvgIpc) is 2.45. The zero-order chi connectivity index (χ0) is 16.5. The summed E-state index contributed by atoms with van der Waals surface area (Å²) in [6.07, 6.45) is 1.23. The molecule has 1 rings (SSSR count). The van der Waals surface area contributed by atoms with Gasteiger partial charge in [-0.15, -0.1) is 0 Å². The molecule has 3 amide bonds. The van der Waals surface area contributed by atoms with E-state index in [-0.39, 0.29) is 18.1 Å². The Balaban J connectivity index is 2.64. The van der Waals surface area contributed by atoms with E-state index in [1.54, 1.807) is 25.1 Å². The Bertz CT molecular complexity index is 598. The quantitative estimate of drug-likeness (QED) is 0.414. The second-order valence-electron chi connectivity index (χ2n) is 4.33. The zero-order valence-electron chi connectivity index (χ0n) is 12.3. The summed E-state index contributed by atoms with van der Waals surface area (Å²) < 4.78 is 4.64. The van der Waals surface area contributed by atoms with Gasteiger partial charge >= 0.3 is 0 Å². The molecule has 1 aromatic rings. The summed E-state index contributed by atoms with van der Waals surface area (Å²) in [6.45, 7) is 1.49. The Morgan fingerprint density at radius 2 is 1.91 bits per heavy atom. The van der Waals surface area contributed by atoms with Crippen LogP contribution in [0.15, 0.2) is 36.0 Å². The van der Waals surface area contributed by atoms with Crippen molar-refractivity contribution in [1.29, 1.82) is 0 Å². The first-order valence-electron chi connectivity index (χ1n) is 6.36. The number of carbonyl (C=O) groups excluding carboxylic acids is 3. The highest BCUT2D eigenvalue weighted by Crippen LogP contribution is 2.14. The number of nitrogens with two attached hydrogens (primary N) is 1. The highest BCUT2D eigenvalue weighted by molar-refractivity contribution is 6.06. The number of benzene rings is 1. The Morgan fingerprint density at radius 3 is 2.55 bits per heavy atom. The van der Waals surface area contributed by atoms with Gasteiger partial charge in [-0.2, -0.15) is 0 Å². The van der Waals surface area contributed by atoms with Crippen LogP contribution in [-0.4, -0.2) is 31.4 Å². The van der Waals surface area contributed by atoms with Crippen LogP contribution in [0.25, 0.3) is 0 Å². The molecule has 22 heavy (non-hydrogen) atoms. The number of ether oxygens (including phenoxy) is 1. The standard InChI is InChI=1S/C14H18N4O4/c1-9(17-18-13(20)8-22-2)7-12(19)16-11-6-4-3-5-10(11)14(15)21/h3-7,17H,8H2,1-2H3,(H2,15,21)(H,16,19)(H,18,20). The fourth-order valence-electron chi connectivity index (χ4n) is 1.54. The number of amides is 3. The molecule has 0 aromatic heterocycles. The second kappa shape index (κ2) is 8.42. The molecule has 0 heterocycles. The first kappa shape index (κ1) is 17.2. The van der Waals surface area contributed by atoms with Gasteiger partial charge in [0, 0.05) is 18.9 Å². The number of hydrazine groups is 1. The molecule has 0 bridgehead atoms. The van der Waals surface area contributed by atoms with Crippen LogP contribution in [0, 0.1) is 0 Å². The maximum absolute atomic E-state index is 11.9. The lowest BCUT2D eigenvalue weighted by atomic mass is 10.1. The molecule has 8 nitrogen and oxygen atoms in total. The third-order valence-electron chi connectivity index (χ3n) is 2.47.